The molecule has 0 radical (unpaired) electrons. The zero-order chi connectivity index (χ0) is 8.97. The third-order valence-corrected chi connectivity index (χ3v) is 2.09. The lowest BCUT2D eigenvalue weighted by Crippen LogP contribution is -2.11. The van der Waals surface area contributed by atoms with E-state index in [0.717, 1.165) is 9.26 Å². The molecule has 0 fully saturated rings. The van der Waals surface area contributed by atoms with E-state index in [9.17, 15) is 4.79 Å². The third kappa shape index (κ3) is 3.17. The molecule has 0 atom stereocenters. The van der Waals surface area contributed by atoms with Crippen LogP contribution in [-0.2, 0) is 11.2 Å². The summed E-state index contributed by atoms with van der Waals surface area (Å²) in [4.78, 5) is 14.5. The van der Waals surface area contributed by atoms with E-state index in [1.54, 1.807) is 6.20 Å². The number of carbonyl (C=O) groups excluding carboxylic acids is 1. The van der Waals surface area contributed by atoms with E-state index >= 15 is 0 Å². The molecule has 0 saturated heterocycles. The molecule has 1 aromatic rings. The second kappa shape index (κ2) is 4.39. The summed E-state index contributed by atoms with van der Waals surface area (Å²) in [6, 6.07) is 3.87. The molecule has 0 unspecified atom stereocenters. The van der Waals surface area contributed by atoms with Crippen LogP contribution in [0.25, 0.3) is 0 Å². The van der Waals surface area contributed by atoms with Crippen molar-refractivity contribution in [2.75, 3.05) is 0 Å². The van der Waals surface area contributed by atoms with Crippen LogP contribution in [0.5, 0.6) is 0 Å². The van der Waals surface area contributed by atoms with Crippen LogP contribution in [-0.4, -0.2) is 10.9 Å². The van der Waals surface area contributed by atoms with Gasteiger partial charge in [-0.3, -0.25) is 9.78 Å². The molecule has 1 heterocycles. The van der Waals surface area contributed by atoms with Gasteiger partial charge in [-0.1, -0.05) is 6.07 Å². The molecule has 12 heavy (non-hydrogen) atoms. The molecule has 0 aliphatic rings. The zero-order valence-electron chi connectivity index (χ0n) is 6.46. The van der Waals surface area contributed by atoms with Crippen molar-refractivity contribution in [2.24, 2.45) is 5.73 Å². The fourth-order valence-electron chi connectivity index (χ4n) is 0.822. The predicted octanol–water partition coefficient (Wildman–Crippen LogP) is 1.10. The molecule has 3 nitrogen and oxygen atoms in total. The van der Waals surface area contributed by atoms with Crippen LogP contribution < -0.4 is 5.73 Å². The van der Waals surface area contributed by atoms with Crippen molar-refractivity contribution in [3.8, 4) is 0 Å². The fourth-order valence-corrected chi connectivity index (χ4v) is 1.14. The van der Waals surface area contributed by atoms with Gasteiger partial charge in [0, 0.05) is 12.6 Å². The van der Waals surface area contributed by atoms with E-state index < -0.39 is 0 Å². The van der Waals surface area contributed by atoms with Crippen LogP contribution in [0.4, 0.5) is 0 Å². The lowest BCUT2D eigenvalue weighted by Gasteiger charge is -1.97. The second-order valence-electron chi connectivity index (χ2n) is 2.46. The maximum atomic E-state index is 10.4. The summed E-state index contributed by atoms with van der Waals surface area (Å²) in [7, 11) is 0. The van der Waals surface area contributed by atoms with Gasteiger partial charge in [0.2, 0.25) is 5.91 Å². The fraction of sp³-hybridized carbons (Fsp3) is 0.250. The van der Waals surface area contributed by atoms with Crippen LogP contribution in [0, 0.1) is 3.70 Å². The first-order chi connectivity index (χ1) is 5.68. The van der Waals surface area contributed by atoms with E-state index in [4.69, 9.17) is 5.73 Å². The van der Waals surface area contributed by atoms with Gasteiger partial charge in [-0.25, -0.2) is 0 Å². The summed E-state index contributed by atoms with van der Waals surface area (Å²) in [5.74, 6) is -0.270. The van der Waals surface area contributed by atoms with Crippen LogP contribution >= 0.6 is 22.6 Å². The Hall–Kier alpha value is -0.650. The van der Waals surface area contributed by atoms with Gasteiger partial charge in [0.25, 0.3) is 0 Å². The summed E-state index contributed by atoms with van der Waals surface area (Å²) in [6.45, 7) is 0. The number of carbonyl (C=O) groups is 1. The largest absolute Gasteiger partial charge is 0.370 e. The van der Waals surface area contributed by atoms with Gasteiger partial charge in [0.1, 0.15) is 3.70 Å². The number of aromatic nitrogens is 1. The second-order valence-corrected chi connectivity index (χ2v) is 3.56. The number of aryl methyl sites for hydroxylation is 1. The van der Waals surface area contributed by atoms with Crippen molar-refractivity contribution < 1.29 is 4.79 Å². The molecule has 64 valence electrons. The highest BCUT2D eigenvalue weighted by Crippen LogP contribution is 2.04. The van der Waals surface area contributed by atoms with Crippen molar-refractivity contribution in [3.05, 3.63) is 27.6 Å². The summed E-state index contributed by atoms with van der Waals surface area (Å²) in [6.07, 6.45) is 2.84. The molecular formula is C8H9IN2O. The molecule has 0 aromatic carbocycles. The van der Waals surface area contributed by atoms with E-state index in [1.165, 1.54) is 0 Å². The highest BCUT2D eigenvalue weighted by atomic mass is 127. The molecule has 1 rings (SSSR count). The van der Waals surface area contributed by atoms with E-state index in [2.05, 4.69) is 27.6 Å². The predicted molar refractivity (Wildman–Crippen MR) is 54.5 cm³/mol. The molecule has 0 saturated carbocycles. The maximum absolute atomic E-state index is 10.4. The third-order valence-electron chi connectivity index (χ3n) is 1.45. The minimum atomic E-state index is -0.270. The summed E-state index contributed by atoms with van der Waals surface area (Å²) in [5, 5.41) is 0. The number of pyridine rings is 1. The minimum absolute atomic E-state index is 0.270. The number of halogens is 1. The number of nitrogens with zero attached hydrogens (tertiary/aromatic N) is 1. The lowest BCUT2D eigenvalue weighted by atomic mass is 10.1. The molecule has 2 N–H and O–H groups in total. The first-order valence-electron chi connectivity index (χ1n) is 3.57. The van der Waals surface area contributed by atoms with Gasteiger partial charge in [0.05, 0.1) is 0 Å². The zero-order valence-corrected chi connectivity index (χ0v) is 8.61. The molecule has 4 heteroatoms. The van der Waals surface area contributed by atoms with Crippen LogP contribution in [0.2, 0.25) is 0 Å². The summed E-state index contributed by atoms with van der Waals surface area (Å²) in [5.41, 5.74) is 6.06. The average Bonchev–Trinajstić information content (AvgIpc) is 2.03. The standard InChI is InChI=1S/C8H9IN2O/c9-7-3-1-6(5-11-7)2-4-8(10)12/h1,3,5H,2,4H2,(H2,10,12). The first kappa shape index (κ1) is 9.44. The number of hydrogen-bond donors (Lipinski definition) is 1. The monoisotopic (exact) mass is 276 g/mol. The number of rotatable bonds is 3. The quantitative estimate of drug-likeness (QED) is 0.664. The molecule has 0 aliphatic heterocycles. The molecule has 0 bridgehead atoms. The van der Waals surface area contributed by atoms with Gasteiger partial charge in [0.15, 0.2) is 0 Å². The SMILES string of the molecule is NC(=O)CCc1ccc(I)nc1. The minimum Gasteiger partial charge on any atom is -0.370 e. The Bertz CT molecular complexity index is 271. The van der Waals surface area contributed by atoms with Gasteiger partial charge in [-0.15, -0.1) is 0 Å². The number of nitrogens with two attached hydrogens (primary N) is 1. The van der Waals surface area contributed by atoms with Gasteiger partial charge in [-0.2, -0.15) is 0 Å². The van der Waals surface area contributed by atoms with Gasteiger partial charge in [-0.05, 0) is 40.6 Å². The van der Waals surface area contributed by atoms with Crippen LogP contribution in [0.3, 0.4) is 0 Å². The Morgan fingerprint density at radius 3 is 2.83 bits per heavy atom. The molecular weight excluding hydrogens is 267 g/mol. The van der Waals surface area contributed by atoms with E-state index in [-0.39, 0.29) is 5.91 Å². The summed E-state index contributed by atoms with van der Waals surface area (Å²) >= 11 is 2.14. The first-order valence-corrected chi connectivity index (χ1v) is 4.65. The van der Waals surface area contributed by atoms with Crippen molar-refractivity contribution in [1.82, 2.24) is 4.98 Å². The van der Waals surface area contributed by atoms with E-state index in [0.29, 0.717) is 12.8 Å². The topological polar surface area (TPSA) is 56.0 Å². The van der Waals surface area contributed by atoms with Crippen LogP contribution in [0.15, 0.2) is 18.3 Å². The Kier molecular flexibility index (Phi) is 3.46. The van der Waals surface area contributed by atoms with Crippen molar-refractivity contribution in [2.45, 2.75) is 12.8 Å². The lowest BCUT2D eigenvalue weighted by molar-refractivity contribution is -0.117. The molecule has 0 aliphatic carbocycles. The number of amides is 1. The molecule has 1 aromatic heterocycles. The highest BCUT2D eigenvalue weighted by Gasteiger charge is 1.97. The van der Waals surface area contributed by atoms with Gasteiger partial charge >= 0.3 is 0 Å². The van der Waals surface area contributed by atoms with Crippen molar-refractivity contribution in [3.63, 3.8) is 0 Å². The molecule has 0 spiro atoms. The Morgan fingerprint density at radius 2 is 2.33 bits per heavy atom. The molecule has 1 amide bonds. The highest BCUT2D eigenvalue weighted by molar-refractivity contribution is 14.1. The maximum Gasteiger partial charge on any atom is 0.217 e. The van der Waals surface area contributed by atoms with Crippen molar-refractivity contribution >= 4 is 28.5 Å². The van der Waals surface area contributed by atoms with E-state index in [1.807, 2.05) is 12.1 Å². The summed E-state index contributed by atoms with van der Waals surface area (Å²) < 4.78 is 0.954. The van der Waals surface area contributed by atoms with Crippen LogP contribution in [0.1, 0.15) is 12.0 Å². The number of primary amides is 1. The number of hydrogen-bond acceptors (Lipinski definition) is 2. The Morgan fingerprint density at radius 1 is 1.58 bits per heavy atom. The van der Waals surface area contributed by atoms with Crippen molar-refractivity contribution in [1.29, 1.82) is 0 Å². The normalized spacial score (nSPS) is 9.75. The Labute approximate surface area is 84.5 Å². The van der Waals surface area contributed by atoms with Gasteiger partial charge < -0.3 is 5.73 Å². The Balaban J connectivity index is 2.53. The smallest absolute Gasteiger partial charge is 0.217 e. The average molecular weight is 276 g/mol.